The van der Waals surface area contributed by atoms with Crippen molar-refractivity contribution >= 4 is 17.8 Å². The minimum Gasteiger partial charge on any atom is -0.469 e. The normalized spacial score (nSPS) is 39.4. The number of fused-ring (bicyclic) bond motifs is 7. The number of allylic oxidation sites excluding steroid dienone is 1. The van der Waals surface area contributed by atoms with E-state index in [1.807, 2.05) is 0 Å². The Morgan fingerprint density at radius 3 is 2.44 bits per heavy atom. The van der Waals surface area contributed by atoms with E-state index in [9.17, 15) is 29.1 Å². The highest BCUT2D eigenvalue weighted by Crippen LogP contribution is 2.77. The quantitative estimate of drug-likeness (QED) is 0.151. The van der Waals surface area contributed by atoms with Crippen LogP contribution in [-0.4, -0.2) is 73.4 Å². The van der Waals surface area contributed by atoms with Gasteiger partial charge in [-0.05, 0) is 124 Å². The Morgan fingerprint density at radius 1 is 0.968 bits per heavy atom. The van der Waals surface area contributed by atoms with Gasteiger partial charge in [0.1, 0.15) is 30.6 Å². The molecule has 2 aromatic rings. The smallest absolute Gasteiger partial charge is 0.330 e. The van der Waals surface area contributed by atoms with Crippen molar-refractivity contribution < 1.29 is 33.7 Å². The van der Waals surface area contributed by atoms with E-state index < -0.39 is 47.0 Å². The molecule has 0 radical (unpaired) electrons. The number of hydrogen-bond donors (Lipinski definition) is 3. The second-order valence-electron chi connectivity index (χ2n) is 21.4. The van der Waals surface area contributed by atoms with E-state index in [0.717, 1.165) is 69.8 Å². The van der Waals surface area contributed by atoms with Gasteiger partial charge in [-0.3, -0.25) is 28.7 Å². The summed E-state index contributed by atoms with van der Waals surface area (Å²) in [7, 11) is 1.29. The first-order valence-electron chi connectivity index (χ1n) is 22.9. The summed E-state index contributed by atoms with van der Waals surface area (Å²) in [6.45, 7) is 20.3. The fourth-order valence-electron chi connectivity index (χ4n) is 15.1. The van der Waals surface area contributed by atoms with Crippen molar-refractivity contribution in [3.8, 4) is 0 Å². The average molecular weight is 861 g/mol. The number of amides is 1. The van der Waals surface area contributed by atoms with Gasteiger partial charge in [-0.15, -0.1) is 5.10 Å². The first kappa shape index (κ1) is 44.5. The van der Waals surface area contributed by atoms with E-state index in [1.165, 1.54) is 17.9 Å². The van der Waals surface area contributed by atoms with E-state index in [4.69, 9.17) is 14.2 Å². The predicted molar refractivity (Wildman–Crippen MR) is 228 cm³/mol. The van der Waals surface area contributed by atoms with Gasteiger partial charge in [-0.1, -0.05) is 52.0 Å². The molecule has 15 nitrogen and oxygen atoms in total. The van der Waals surface area contributed by atoms with Gasteiger partial charge in [0.2, 0.25) is 5.91 Å². The molecule has 2 aromatic heterocycles. The van der Waals surface area contributed by atoms with Crippen LogP contribution in [0, 0.1) is 63.6 Å². The predicted octanol–water partition coefficient (Wildman–Crippen LogP) is 5.71. The van der Waals surface area contributed by atoms with E-state index in [0.29, 0.717) is 35.4 Å². The SMILES string of the molecule is C=C(C)[C@@H]1CC[C@]2(C(=O)NCc3cn(C4CC(n5cc(C)c(=O)[nH]c5=O)OC4CO)nn3)CC[C@]3(C)[C@H](CC[C@@H]4[C@@]5(C)CC[C@H](OC(=O)CC(=O)OC)C(C)(C)[C@@H]5CC[C@]43C)[C@@H]12. The maximum absolute atomic E-state index is 14.9. The molecule has 5 saturated carbocycles. The van der Waals surface area contributed by atoms with Gasteiger partial charge >= 0.3 is 17.6 Å². The summed E-state index contributed by atoms with van der Waals surface area (Å²) < 4.78 is 19.8. The van der Waals surface area contributed by atoms with Crippen molar-refractivity contribution in [3.05, 3.63) is 56.6 Å². The second kappa shape index (κ2) is 15.8. The summed E-state index contributed by atoms with van der Waals surface area (Å²) in [4.78, 5) is 66.4. The lowest BCUT2D eigenvalue weighted by atomic mass is 9.32. The van der Waals surface area contributed by atoms with Gasteiger partial charge < -0.3 is 24.6 Å². The number of aryl methyl sites for hydroxylation is 1. The molecule has 15 heteroatoms. The molecule has 0 bridgehead atoms. The molecule has 340 valence electrons. The highest BCUT2D eigenvalue weighted by molar-refractivity contribution is 5.91. The molecule has 0 spiro atoms. The van der Waals surface area contributed by atoms with Crippen molar-refractivity contribution in [1.29, 1.82) is 0 Å². The molecule has 3 unspecified atom stereocenters. The van der Waals surface area contributed by atoms with Crippen molar-refractivity contribution in [1.82, 2.24) is 29.9 Å². The van der Waals surface area contributed by atoms with Crippen LogP contribution in [0.1, 0.15) is 142 Å². The number of aliphatic hydroxyl groups is 1. The van der Waals surface area contributed by atoms with E-state index in [-0.39, 0.29) is 65.1 Å². The Bertz CT molecular complexity index is 2230. The van der Waals surface area contributed by atoms with Crippen LogP contribution < -0.4 is 16.6 Å². The monoisotopic (exact) mass is 861 g/mol. The molecule has 13 atom stereocenters. The molecule has 6 aliphatic rings. The number of carbonyl (C=O) groups is 3. The van der Waals surface area contributed by atoms with Gasteiger partial charge in [-0.25, -0.2) is 9.48 Å². The summed E-state index contributed by atoms with van der Waals surface area (Å²) in [5, 5.41) is 22.3. The fourth-order valence-corrected chi connectivity index (χ4v) is 15.1. The lowest BCUT2D eigenvalue weighted by Crippen LogP contribution is -2.67. The van der Waals surface area contributed by atoms with Crippen LogP contribution in [0.25, 0.3) is 0 Å². The average Bonchev–Trinajstić information content (AvgIpc) is 3.97. The Morgan fingerprint density at radius 2 is 1.73 bits per heavy atom. The largest absolute Gasteiger partial charge is 0.469 e. The number of aliphatic hydroxyl groups excluding tert-OH is 1. The van der Waals surface area contributed by atoms with E-state index in [2.05, 4.69) is 68.7 Å². The van der Waals surface area contributed by atoms with Crippen LogP contribution in [-0.2, 0) is 35.1 Å². The molecule has 3 N–H and O–H groups in total. The molecule has 5 aliphatic carbocycles. The third-order valence-corrected chi connectivity index (χ3v) is 18.4. The zero-order valence-electron chi connectivity index (χ0n) is 38.0. The first-order valence-corrected chi connectivity index (χ1v) is 22.9. The molecule has 3 heterocycles. The number of aromatic nitrogens is 5. The highest BCUT2D eigenvalue weighted by atomic mass is 16.6. The van der Waals surface area contributed by atoms with E-state index >= 15 is 0 Å². The Kier molecular flexibility index (Phi) is 11.4. The van der Waals surface area contributed by atoms with Crippen molar-refractivity contribution in [2.45, 2.75) is 157 Å². The number of nitrogens with one attached hydrogen (secondary N) is 2. The van der Waals surface area contributed by atoms with Gasteiger partial charge in [0.25, 0.3) is 5.56 Å². The molecular formula is C47H68N6O9. The van der Waals surface area contributed by atoms with Gasteiger partial charge in [-0.2, -0.15) is 0 Å². The number of aromatic amines is 1. The second-order valence-corrected chi connectivity index (χ2v) is 21.4. The summed E-state index contributed by atoms with van der Waals surface area (Å²) in [5.74, 6) is 0.641. The number of ether oxygens (including phenoxy) is 3. The Hall–Kier alpha value is -4.11. The molecule has 1 aliphatic heterocycles. The molecule has 0 aromatic carbocycles. The maximum Gasteiger partial charge on any atom is 0.330 e. The van der Waals surface area contributed by atoms with Crippen LogP contribution >= 0.6 is 0 Å². The van der Waals surface area contributed by atoms with E-state index in [1.54, 1.807) is 17.8 Å². The lowest BCUT2D eigenvalue weighted by Gasteiger charge is -2.72. The minimum atomic E-state index is -0.710. The van der Waals surface area contributed by atoms with Crippen molar-refractivity contribution in [3.63, 3.8) is 0 Å². The maximum atomic E-state index is 14.9. The molecule has 8 rings (SSSR count). The van der Waals surface area contributed by atoms with Crippen molar-refractivity contribution in [2.75, 3.05) is 13.7 Å². The summed E-state index contributed by atoms with van der Waals surface area (Å²) in [5.41, 5.74) is 0.470. The minimum absolute atomic E-state index is 0.0242. The molecule has 62 heavy (non-hydrogen) atoms. The molecular weight excluding hydrogens is 793 g/mol. The van der Waals surface area contributed by atoms with Crippen molar-refractivity contribution in [2.24, 2.45) is 56.7 Å². The van der Waals surface area contributed by atoms with Gasteiger partial charge in [0.05, 0.1) is 37.9 Å². The highest BCUT2D eigenvalue weighted by Gasteiger charge is 2.72. The topological polar surface area (TPSA) is 197 Å². The standard InChI is InChI=1S/C47H68N6O9/c1-26(2)29-12-17-47(41(58)48-22-28-24-53(51-50-28)31-20-36(61-32(31)25-54)52-23-27(3)40(57)49-42(52)59)19-18-45(7)30(39(29)47)10-11-34-44(6)15-14-35(62-38(56)21-37(55)60-9)43(4,5)33(44)13-16-46(34,45)8/h23-24,29-36,39,54H,1,10-22,25H2,2-9H3,(H,48,58)(H,49,57,59)/t29-,30+,31?,32?,33-,34+,35-,36?,39+,44-,45+,46+,47-/m0/s1. The van der Waals surface area contributed by atoms with Crippen LogP contribution in [0.4, 0.5) is 0 Å². The van der Waals surface area contributed by atoms with Gasteiger partial charge in [0, 0.05) is 23.6 Å². The summed E-state index contributed by atoms with van der Waals surface area (Å²) in [6, 6.07) is -0.420. The zero-order valence-corrected chi connectivity index (χ0v) is 38.0. The number of methoxy groups -OCH3 is 1. The zero-order chi connectivity index (χ0) is 44.7. The first-order chi connectivity index (χ1) is 29.2. The Balaban J connectivity index is 0.986. The van der Waals surface area contributed by atoms with Crippen LogP contribution in [0.15, 0.2) is 34.1 Å². The summed E-state index contributed by atoms with van der Waals surface area (Å²) >= 11 is 0. The lowest BCUT2D eigenvalue weighted by molar-refractivity contribution is -0.249. The van der Waals surface area contributed by atoms with Crippen LogP contribution in [0.2, 0.25) is 0 Å². The third-order valence-electron chi connectivity index (χ3n) is 18.4. The van der Waals surface area contributed by atoms with Crippen LogP contribution in [0.5, 0.6) is 0 Å². The number of carbonyl (C=O) groups excluding carboxylic acids is 3. The number of rotatable bonds is 10. The molecule has 1 saturated heterocycles. The van der Waals surface area contributed by atoms with Crippen LogP contribution in [0.3, 0.4) is 0 Å². The summed E-state index contributed by atoms with van der Waals surface area (Å²) in [6.07, 6.45) is 11.2. The number of nitrogens with zero attached hydrogens (tertiary/aromatic N) is 4. The number of hydrogen-bond acceptors (Lipinski definition) is 11. The number of esters is 2. The fraction of sp³-hybridized carbons (Fsp3) is 0.766. The number of H-pyrrole nitrogens is 1. The Labute approximate surface area is 364 Å². The molecule has 1 amide bonds. The molecule has 6 fully saturated rings. The third kappa shape index (κ3) is 6.84. The van der Waals surface area contributed by atoms with Gasteiger partial charge in [0.15, 0.2) is 0 Å².